The fourth-order valence-corrected chi connectivity index (χ4v) is 2.62. The smallest absolute Gasteiger partial charge is 0.257 e. The van der Waals surface area contributed by atoms with Gasteiger partial charge in [0, 0.05) is 12.6 Å². The minimum Gasteiger partial charge on any atom is -0.350 e. The van der Waals surface area contributed by atoms with Gasteiger partial charge < -0.3 is 10.6 Å². The van der Waals surface area contributed by atoms with E-state index >= 15 is 0 Å². The molecule has 1 aromatic carbocycles. The third-order valence-electron chi connectivity index (χ3n) is 3.99. The largest absolute Gasteiger partial charge is 0.350 e. The van der Waals surface area contributed by atoms with Crippen LogP contribution in [0.5, 0.6) is 0 Å². The molecule has 0 saturated carbocycles. The first-order valence-corrected chi connectivity index (χ1v) is 6.87. The predicted molar refractivity (Wildman–Crippen MR) is 73.5 cm³/mol. The van der Waals surface area contributed by atoms with E-state index in [0.29, 0.717) is 6.54 Å². The van der Waals surface area contributed by atoms with Crippen LogP contribution in [0.1, 0.15) is 37.0 Å². The molecule has 1 heterocycles. The summed E-state index contributed by atoms with van der Waals surface area (Å²) in [5, 5.41) is 5.97. The lowest BCUT2D eigenvalue weighted by Crippen LogP contribution is -2.52. The standard InChI is InChI=1S/C15H20F2N2O/c1-15(2)7-4-8-18-12(15)9-19-14(20)13-10(16)5-3-6-11(13)17/h3,5-6,12,18H,4,7-9H2,1-2H3,(H,19,20). The van der Waals surface area contributed by atoms with Crippen molar-refractivity contribution in [3.8, 4) is 0 Å². The first-order valence-electron chi connectivity index (χ1n) is 6.87. The molecule has 0 aromatic heterocycles. The number of carbonyl (C=O) groups excluding carboxylic acids is 1. The lowest BCUT2D eigenvalue weighted by Gasteiger charge is -2.39. The number of hydrogen-bond donors (Lipinski definition) is 2. The molecule has 0 radical (unpaired) electrons. The summed E-state index contributed by atoms with van der Waals surface area (Å²) in [5.74, 6) is -2.37. The maximum Gasteiger partial charge on any atom is 0.257 e. The quantitative estimate of drug-likeness (QED) is 0.894. The Hall–Kier alpha value is -1.49. The number of nitrogens with one attached hydrogen (secondary N) is 2. The highest BCUT2D eigenvalue weighted by atomic mass is 19.1. The molecule has 110 valence electrons. The summed E-state index contributed by atoms with van der Waals surface area (Å²) in [6.07, 6.45) is 2.16. The molecule has 2 N–H and O–H groups in total. The molecule has 1 atom stereocenters. The van der Waals surface area contributed by atoms with Crippen molar-refractivity contribution in [2.75, 3.05) is 13.1 Å². The molecule has 0 spiro atoms. The van der Waals surface area contributed by atoms with Crippen molar-refractivity contribution >= 4 is 5.91 Å². The van der Waals surface area contributed by atoms with Crippen LogP contribution < -0.4 is 10.6 Å². The topological polar surface area (TPSA) is 41.1 Å². The number of piperidine rings is 1. The van der Waals surface area contributed by atoms with Crippen molar-refractivity contribution in [2.24, 2.45) is 5.41 Å². The van der Waals surface area contributed by atoms with Gasteiger partial charge in [0.2, 0.25) is 0 Å². The Morgan fingerprint density at radius 2 is 2.05 bits per heavy atom. The second-order valence-corrected chi connectivity index (χ2v) is 5.91. The minimum absolute atomic E-state index is 0.0549. The summed E-state index contributed by atoms with van der Waals surface area (Å²) in [6.45, 7) is 5.51. The van der Waals surface area contributed by atoms with Gasteiger partial charge in [0.1, 0.15) is 17.2 Å². The van der Waals surface area contributed by atoms with Crippen LogP contribution in [-0.4, -0.2) is 25.0 Å². The molecule has 5 heteroatoms. The van der Waals surface area contributed by atoms with Crippen molar-refractivity contribution in [1.82, 2.24) is 10.6 Å². The Morgan fingerprint density at radius 3 is 2.65 bits per heavy atom. The highest BCUT2D eigenvalue weighted by Gasteiger charge is 2.32. The van der Waals surface area contributed by atoms with Gasteiger partial charge in [0.15, 0.2) is 0 Å². The van der Waals surface area contributed by atoms with Crippen molar-refractivity contribution in [1.29, 1.82) is 0 Å². The van der Waals surface area contributed by atoms with Crippen LogP contribution in [-0.2, 0) is 0 Å². The van der Waals surface area contributed by atoms with Gasteiger partial charge in [-0.05, 0) is 36.9 Å². The Balaban J connectivity index is 2.02. The fraction of sp³-hybridized carbons (Fsp3) is 0.533. The maximum atomic E-state index is 13.5. The summed E-state index contributed by atoms with van der Waals surface area (Å²) in [7, 11) is 0. The number of benzene rings is 1. The average Bonchev–Trinajstić information content (AvgIpc) is 2.36. The Morgan fingerprint density at radius 1 is 1.40 bits per heavy atom. The zero-order chi connectivity index (χ0) is 14.8. The molecule has 0 bridgehead atoms. The van der Waals surface area contributed by atoms with E-state index in [-0.39, 0.29) is 11.5 Å². The van der Waals surface area contributed by atoms with Gasteiger partial charge in [-0.3, -0.25) is 4.79 Å². The molecule has 2 rings (SSSR count). The average molecular weight is 282 g/mol. The molecule has 1 fully saturated rings. The normalized spacial score (nSPS) is 21.5. The second-order valence-electron chi connectivity index (χ2n) is 5.91. The molecule has 3 nitrogen and oxygen atoms in total. The van der Waals surface area contributed by atoms with Crippen molar-refractivity contribution in [3.05, 3.63) is 35.4 Å². The highest BCUT2D eigenvalue weighted by Crippen LogP contribution is 2.29. The minimum atomic E-state index is -0.835. The zero-order valence-electron chi connectivity index (χ0n) is 11.8. The SMILES string of the molecule is CC1(C)CCCNC1CNC(=O)c1c(F)cccc1F. The second kappa shape index (κ2) is 5.87. The molecule has 1 unspecified atom stereocenters. The molecule has 1 aliphatic rings. The van der Waals surface area contributed by atoms with E-state index in [9.17, 15) is 13.6 Å². The summed E-state index contributed by atoms with van der Waals surface area (Å²) in [5.41, 5.74) is -0.458. The van der Waals surface area contributed by atoms with Crippen molar-refractivity contribution in [3.63, 3.8) is 0 Å². The third kappa shape index (κ3) is 3.15. The Kier molecular flexibility index (Phi) is 4.38. The number of rotatable bonds is 3. The summed E-state index contributed by atoms with van der Waals surface area (Å²) in [4.78, 5) is 11.9. The summed E-state index contributed by atoms with van der Waals surface area (Å²) >= 11 is 0. The van der Waals surface area contributed by atoms with E-state index in [2.05, 4.69) is 24.5 Å². The first-order chi connectivity index (χ1) is 9.42. The van der Waals surface area contributed by atoms with Gasteiger partial charge in [-0.1, -0.05) is 19.9 Å². The van der Waals surface area contributed by atoms with Crippen LogP contribution in [0.15, 0.2) is 18.2 Å². The summed E-state index contributed by atoms with van der Waals surface area (Å²) < 4.78 is 27.0. The fourth-order valence-electron chi connectivity index (χ4n) is 2.62. The van der Waals surface area contributed by atoms with Crippen LogP contribution in [0, 0.1) is 17.0 Å². The molecule has 20 heavy (non-hydrogen) atoms. The number of halogens is 2. The van der Waals surface area contributed by atoms with Gasteiger partial charge in [-0.2, -0.15) is 0 Å². The maximum absolute atomic E-state index is 13.5. The predicted octanol–water partition coefficient (Wildman–Crippen LogP) is 2.47. The van der Waals surface area contributed by atoms with E-state index in [1.165, 1.54) is 6.07 Å². The van der Waals surface area contributed by atoms with Gasteiger partial charge in [-0.15, -0.1) is 0 Å². The molecule has 1 aromatic rings. The molecular weight excluding hydrogens is 262 g/mol. The lowest BCUT2D eigenvalue weighted by molar-refractivity contribution is 0.0920. The van der Waals surface area contributed by atoms with Crippen LogP contribution >= 0.6 is 0 Å². The number of hydrogen-bond acceptors (Lipinski definition) is 2. The van der Waals surface area contributed by atoms with E-state index in [4.69, 9.17) is 0 Å². The van der Waals surface area contributed by atoms with E-state index in [1.807, 2.05) is 0 Å². The van der Waals surface area contributed by atoms with E-state index in [0.717, 1.165) is 31.5 Å². The molecule has 0 aliphatic carbocycles. The Labute approximate surface area is 117 Å². The van der Waals surface area contributed by atoms with E-state index in [1.54, 1.807) is 0 Å². The van der Waals surface area contributed by atoms with Gasteiger partial charge >= 0.3 is 0 Å². The zero-order valence-corrected chi connectivity index (χ0v) is 11.8. The summed E-state index contributed by atoms with van der Waals surface area (Å²) in [6, 6.07) is 3.52. The monoisotopic (exact) mass is 282 g/mol. The molecule has 1 saturated heterocycles. The van der Waals surface area contributed by atoms with Crippen molar-refractivity contribution in [2.45, 2.75) is 32.7 Å². The van der Waals surface area contributed by atoms with Crippen LogP contribution in [0.4, 0.5) is 8.78 Å². The third-order valence-corrected chi connectivity index (χ3v) is 3.99. The van der Waals surface area contributed by atoms with Crippen LogP contribution in [0.3, 0.4) is 0 Å². The molecule has 1 aliphatic heterocycles. The van der Waals surface area contributed by atoms with Gasteiger partial charge in [0.05, 0.1) is 0 Å². The van der Waals surface area contributed by atoms with Gasteiger partial charge in [-0.25, -0.2) is 8.78 Å². The van der Waals surface area contributed by atoms with Crippen LogP contribution in [0.2, 0.25) is 0 Å². The van der Waals surface area contributed by atoms with E-state index < -0.39 is 23.1 Å². The van der Waals surface area contributed by atoms with Crippen LogP contribution in [0.25, 0.3) is 0 Å². The Bertz CT molecular complexity index is 482. The first kappa shape index (κ1) is 14.9. The van der Waals surface area contributed by atoms with Crippen molar-refractivity contribution < 1.29 is 13.6 Å². The molecule has 1 amide bonds. The number of carbonyl (C=O) groups is 1. The number of amides is 1. The molecular formula is C15H20F2N2O. The van der Waals surface area contributed by atoms with Gasteiger partial charge in [0.25, 0.3) is 5.91 Å². The highest BCUT2D eigenvalue weighted by molar-refractivity contribution is 5.94. The lowest BCUT2D eigenvalue weighted by atomic mass is 9.77.